The van der Waals surface area contributed by atoms with Crippen molar-refractivity contribution in [2.24, 2.45) is 0 Å². The topological polar surface area (TPSA) is 49.4 Å². The van der Waals surface area contributed by atoms with Crippen molar-refractivity contribution < 1.29 is 9.59 Å². The summed E-state index contributed by atoms with van der Waals surface area (Å²) in [5.74, 6) is 0.527. The summed E-state index contributed by atoms with van der Waals surface area (Å²) in [4.78, 5) is 25.5. The van der Waals surface area contributed by atoms with Crippen molar-refractivity contribution in [1.29, 1.82) is 0 Å². The van der Waals surface area contributed by atoms with Crippen molar-refractivity contribution in [3.63, 3.8) is 0 Å². The van der Waals surface area contributed by atoms with Gasteiger partial charge in [-0.05, 0) is 35.7 Å². The van der Waals surface area contributed by atoms with E-state index in [1.54, 1.807) is 11.8 Å². The van der Waals surface area contributed by atoms with E-state index in [0.717, 1.165) is 23.4 Å². The molecule has 1 aliphatic heterocycles. The van der Waals surface area contributed by atoms with Crippen LogP contribution in [0.3, 0.4) is 0 Å². The van der Waals surface area contributed by atoms with E-state index in [-0.39, 0.29) is 17.2 Å². The molecular weight excluding hydrogens is 320 g/mol. The molecule has 1 aliphatic rings. The van der Waals surface area contributed by atoms with Gasteiger partial charge in [0.25, 0.3) is 0 Å². The Labute approximate surface area is 146 Å². The van der Waals surface area contributed by atoms with E-state index in [9.17, 15) is 9.59 Å². The zero-order valence-corrected chi connectivity index (χ0v) is 14.6. The lowest BCUT2D eigenvalue weighted by Gasteiger charge is -2.26. The normalized spacial score (nSPS) is 17.2. The summed E-state index contributed by atoms with van der Waals surface area (Å²) in [6.45, 7) is 3.59. The number of nitrogens with one attached hydrogen (secondary N) is 1. The first kappa shape index (κ1) is 16.6. The van der Waals surface area contributed by atoms with Crippen LogP contribution < -0.4 is 10.2 Å². The minimum atomic E-state index is -0.0910. The number of carbonyl (C=O) groups excluding carboxylic acids is 2. The number of benzene rings is 2. The average Bonchev–Trinajstić information content (AvgIpc) is 2.96. The number of para-hydroxylation sites is 1. The van der Waals surface area contributed by atoms with E-state index < -0.39 is 0 Å². The maximum absolute atomic E-state index is 12.5. The Hall–Kier alpha value is -2.27. The SMILES string of the molecule is CCc1ccccc1N1C(=O)CS[C@H]1c1ccc(NC(C)=O)cc1. The van der Waals surface area contributed by atoms with Crippen molar-refractivity contribution in [3.8, 4) is 0 Å². The molecule has 1 atom stereocenters. The highest BCUT2D eigenvalue weighted by Crippen LogP contribution is 2.43. The third-order valence-corrected chi connectivity index (χ3v) is 5.23. The van der Waals surface area contributed by atoms with Gasteiger partial charge in [-0.1, -0.05) is 37.3 Å². The largest absolute Gasteiger partial charge is 0.326 e. The standard InChI is InChI=1S/C19H20N2O2S/c1-3-14-6-4-5-7-17(14)21-18(23)12-24-19(21)15-8-10-16(11-9-15)20-13(2)22/h4-11,19H,3,12H2,1-2H3,(H,20,22)/t19-/m0/s1. The molecule has 0 unspecified atom stereocenters. The van der Waals surface area contributed by atoms with E-state index in [1.165, 1.54) is 12.5 Å². The predicted octanol–water partition coefficient (Wildman–Crippen LogP) is 3.99. The van der Waals surface area contributed by atoms with Crippen molar-refractivity contribution in [1.82, 2.24) is 0 Å². The quantitative estimate of drug-likeness (QED) is 0.916. The van der Waals surface area contributed by atoms with Gasteiger partial charge in [0.05, 0.1) is 5.75 Å². The highest BCUT2D eigenvalue weighted by molar-refractivity contribution is 8.00. The molecule has 0 aromatic heterocycles. The summed E-state index contributed by atoms with van der Waals surface area (Å²) in [6.07, 6.45) is 0.888. The fraction of sp³-hybridized carbons (Fsp3) is 0.263. The molecule has 2 amide bonds. The summed E-state index contributed by atoms with van der Waals surface area (Å²) in [5, 5.41) is 2.74. The van der Waals surface area contributed by atoms with Crippen molar-refractivity contribution in [2.45, 2.75) is 25.6 Å². The van der Waals surface area contributed by atoms with Crippen molar-refractivity contribution >= 4 is 35.0 Å². The van der Waals surface area contributed by atoms with Gasteiger partial charge in [-0.2, -0.15) is 0 Å². The number of aryl methyl sites for hydroxylation is 1. The number of carbonyl (C=O) groups is 2. The van der Waals surface area contributed by atoms with Crippen molar-refractivity contribution in [2.75, 3.05) is 16.0 Å². The molecule has 0 radical (unpaired) electrons. The lowest BCUT2D eigenvalue weighted by atomic mass is 10.1. The van der Waals surface area contributed by atoms with Gasteiger partial charge in [0.1, 0.15) is 5.37 Å². The number of hydrogen-bond acceptors (Lipinski definition) is 3. The highest BCUT2D eigenvalue weighted by atomic mass is 32.2. The van der Waals surface area contributed by atoms with Gasteiger partial charge in [0.2, 0.25) is 11.8 Å². The zero-order valence-electron chi connectivity index (χ0n) is 13.8. The summed E-state index contributed by atoms with van der Waals surface area (Å²) >= 11 is 1.63. The van der Waals surface area contributed by atoms with Crippen LogP contribution in [0.2, 0.25) is 0 Å². The third-order valence-electron chi connectivity index (χ3n) is 4.02. The average molecular weight is 340 g/mol. The van der Waals surface area contributed by atoms with Gasteiger partial charge < -0.3 is 5.32 Å². The minimum absolute atomic E-state index is 0.0309. The van der Waals surface area contributed by atoms with Gasteiger partial charge >= 0.3 is 0 Å². The van der Waals surface area contributed by atoms with E-state index in [1.807, 2.05) is 47.4 Å². The molecule has 0 bridgehead atoms. The van der Waals surface area contributed by atoms with Crippen LogP contribution in [0.25, 0.3) is 0 Å². The summed E-state index contributed by atoms with van der Waals surface area (Å²) in [5.41, 5.74) is 3.99. The van der Waals surface area contributed by atoms with E-state index in [2.05, 4.69) is 18.3 Å². The van der Waals surface area contributed by atoms with Crippen LogP contribution in [0.5, 0.6) is 0 Å². The number of thioether (sulfide) groups is 1. The first-order chi connectivity index (χ1) is 11.6. The van der Waals surface area contributed by atoms with Crippen LogP contribution in [-0.4, -0.2) is 17.6 Å². The molecular formula is C19H20N2O2S. The lowest BCUT2D eigenvalue weighted by Crippen LogP contribution is -2.28. The van der Waals surface area contributed by atoms with Gasteiger partial charge in [0.15, 0.2) is 0 Å². The Morgan fingerprint density at radius 2 is 1.92 bits per heavy atom. The molecule has 5 heteroatoms. The Balaban J connectivity index is 1.92. The van der Waals surface area contributed by atoms with Crippen LogP contribution in [0.1, 0.15) is 30.3 Å². The molecule has 24 heavy (non-hydrogen) atoms. The number of amides is 2. The number of anilines is 2. The lowest BCUT2D eigenvalue weighted by molar-refractivity contribution is -0.116. The van der Waals surface area contributed by atoms with E-state index in [4.69, 9.17) is 0 Å². The number of rotatable bonds is 4. The van der Waals surface area contributed by atoms with Gasteiger partial charge in [0, 0.05) is 18.3 Å². The molecule has 0 aliphatic carbocycles. The van der Waals surface area contributed by atoms with Crippen LogP contribution in [-0.2, 0) is 16.0 Å². The van der Waals surface area contributed by atoms with Crippen molar-refractivity contribution in [3.05, 3.63) is 59.7 Å². The summed E-state index contributed by atoms with van der Waals surface area (Å²) < 4.78 is 0. The smallest absolute Gasteiger partial charge is 0.238 e. The molecule has 3 rings (SSSR count). The molecule has 1 saturated heterocycles. The first-order valence-corrected chi connectivity index (χ1v) is 9.04. The molecule has 1 heterocycles. The summed E-state index contributed by atoms with van der Waals surface area (Å²) in [6, 6.07) is 15.8. The zero-order chi connectivity index (χ0) is 17.1. The Morgan fingerprint density at radius 1 is 1.21 bits per heavy atom. The Bertz CT molecular complexity index is 758. The monoisotopic (exact) mass is 340 g/mol. The number of nitrogens with zero attached hydrogens (tertiary/aromatic N) is 1. The first-order valence-electron chi connectivity index (χ1n) is 7.99. The maximum Gasteiger partial charge on any atom is 0.238 e. The molecule has 2 aromatic rings. The van der Waals surface area contributed by atoms with E-state index in [0.29, 0.717) is 5.75 Å². The molecule has 1 fully saturated rings. The fourth-order valence-corrected chi connectivity index (χ4v) is 4.08. The van der Waals surface area contributed by atoms with Crippen LogP contribution in [0, 0.1) is 0 Å². The van der Waals surface area contributed by atoms with Crippen LogP contribution in [0.15, 0.2) is 48.5 Å². The van der Waals surface area contributed by atoms with Gasteiger partial charge in [-0.15, -0.1) is 11.8 Å². The molecule has 0 saturated carbocycles. The minimum Gasteiger partial charge on any atom is -0.326 e. The van der Waals surface area contributed by atoms with Crippen LogP contribution >= 0.6 is 11.8 Å². The highest BCUT2D eigenvalue weighted by Gasteiger charge is 2.34. The van der Waals surface area contributed by atoms with Gasteiger partial charge in [-0.3, -0.25) is 14.5 Å². The molecule has 124 valence electrons. The molecule has 4 nitrogen and oxygen atoms in total. The second kappa shape index (κ2) is 7.09. The van der Waals surface area contributed by atoms with Gasteiger partial charge in [-0.25, -0.2) is 0 Å². The number of hydrogen-bond donors (Lipinski definition) is 1. The van der Waals surface area contributed by atoms with Crippen LogP contribution in [0.4, 0.5) is 11.4 Å². The molecule has 0 spiro atoms. The Morgan fingerprint density at radius 3 is 2.58 bits per heavy atom. The second-order valence-corrected chi connectivity index (χ2v) is 6.78. The summed E-state index contributed by atoms with van der Waals surface area (Å²) in [7, 11) is 0. The molecule has 1 N–H and O–H groups in total. The molecule has 2 aromatic carbocycles. The Kier molecular flexibility index (Phi) is 4.90. The predicted molar refractivity (Wildman–Crippen MR) is 99.3 cm³/mol. The maximum atomic E-state index is 12.5. The third kappa shape index (κ3) is 3.31. The van der Waals surface area contributed by atoms with E-state index >= 15 is 0 Å². The second-order valence-electron chi connectivity index (χ2n) is 5.71. The fourth-order valence-electron chi connectivity index (χ4n) is 2.91.